The Balaban J connectivity index is 1.78. The lowest BCUT2D eigenvalue weighted by atomic mass is 10.1. The minimum atomic E-state index is -0.803. The van der Waals surface area contributed by atoms with Crippen LogP contribution >= 0.6 is 0 Å². The number of methoxy groups -OCH3 is 1. The van der Waals surface area contributed by atoms with Gasteiger partial charge in [0.15, 0.2) is 0 Å². The van der Waals surface area contributed by atoms with Crippen molar-refractivity contribution in [2.45, 2.75) is 39.8 Å². The Bertz CT molecular complexity index is 962. The Morgan fingerprint density at radius 1 is 1.17 bits per heavy atom. The number of nitrogens with one attached hydrogen (secondary N) is 1. The van der Waals surface area contributed by atoms with Crippen LogP contribution in [-0.4, -0.2) is 41.7 Å². The van der Waals surface area contributed by atoms with E-state index in [1.807, 2.05) is 45.9 Å². The van der Waals surface area contributed by atoms with Gasteiger partial charge in [0, 0.05) is 11.3 Å². The molecule has 152 valence electrons. The van der Waals surface area contributed by atoms with Gasteiger partial charge in [0.05, 0.1) is 7.11 Å². The molecule has 0 saturated heterocycles. The third kappa shape index (κ3) is 4.16. The minimum absolute atomic E-state index is 0.0630. The summed E-state index contributed by atoms with van der Waals surface area (Å²) < 4.78 is 5.17. The lowest BCUT2D eigenvalue weighted by Crippen LogP contribution is -2.47. The average Bonchev–Trinajstić information content (AvgIpc) is 2.93. The number of anilines is 1. The van der Waals surface area contributed by atoms with Crippen molar-refractivity contribution in [2.75, 3.05) is 19.0 Å². The molecule has 0 aromatic heterocycles. The summed E-state index contributed by atoms with van der Waals surface area (Å²) >= 11 is 0. The van der Waals surface area contributed by atoms with Crippen LogP contribution in [0.2, 0.25) is 0 Å². The highest BCUT2D eigenvalue weighted by molar-refractivity contribution is 6.47. The van der Waals surface area contributed by atoms with Crippen LogP contribution in [0.15, 0.2) is 47.5 Å². The van der Waals surface area contributed by atoms with Crippen LogP contribution in [0.25, 0.3) is 0 Å². The number of rotatable bonds is 6. The minimum Gasteiger partial charge on any atom is -0.497 e. The first-order valence-corrected chi connectivity index (χ1v) is 9.71. The molecule has 0 unspecified atom stereocenters. The summed E-state index contributed by atoms with van der Waals surface area (Å²) in [6, 6.07) is 13.1. The van der Waals surface area contributed by atoms with Crippen molar-refractivity contribution < 1.29 is 14.3 Å². The number of hydrogen-bond acceptors (Lipinski definition) is 4. The Kier molecular flexibility index (Phi) is 5.73. The topological polar surface area (TPSA) is 71.0 Å². The zero-order chi connectivity index (χ0) is 21.2. The zero-order valence-corrected chi connectivity index (χ0v) is 17.6. The molecule has 2 aromatic carbocycles. The molecule has 2 amide bonds. The van der Waals surface area contributed by atoms with Gasteiger partial charge in [-0.2, -0.15) is 0 Å². The molecule has 1 aliphatic rings. The number of carbonyl (C=O) groups is 2. The third-order valence-corrected chi connectivity index (χ3v) is 5.16. The van der Waals surface area contributed by atoms with Crippen molar-refractivity contribution in [3.05, 3.63) is 59.2 Å². The maximum absolute atomic E-state index is 13.0. The summed E-state index contributed by atoms with van der Waals surface area (Å²) in [4.78, 5) is 31.9. The molecule has 0 atom stereocenters. The van der Waals surface area contributed by atoms with E-state index in [9.17, 15) is 9.59 Å². The normalized spacial score (nSPS) is 15.3. The lowest BCUT2D eigenvalue weighted by Gasteiger charge is -2.29. The Morgan fingerprint density at radius 2 is 1.86 bits per heavy atom. The second-order valence-electron chi connectivity index (χ2n) is 7.59. The molecule has 6 nitrogen and oxygen atoms in total. The molecule has 0 bridgehead atoms. The van der Waals surface area contributed by atoms with Crippen LogP contribution in [0.5, 0.6) is 5.75 Å². The highest BCUT2D eigenvalue weighted by atomic mass is 16.5. The molecular weight excluding hydrogens is 366 g/mol. The smallest absolute Gasteiger partial charge is 0.275 e. The predicted octanol–water partition coefficient (Wildman–Crippen LogP) is 3.57. The number of para-hydroxylation sites is 1. The number of benzene rings is 2. The molecule has 3 rings (SSSR count). The summed E-state index contributed by atoms with van der Waals surface area (Å²) in [5.41, 5.74) is 3.15. The summed E-state index contributed by atoms with van der Waals surface area (Å²) in [5.74, 6) is 0.220. The molecule has 6 heteroatoms. The molecule has 2 aromatic rings. The fourth-order valence-corrected chi connectivity index (χ4v) is 3.48. The van der Waals surface area contributed by atoms with Gasteiger partial charge in [-0.25, -0.2) is 0 Å². The van der Waals surface area contributed by atoms with E-state index in [0.717, 1.165) is 23.2 Å². The number of aryl methyl sites for hydroxylation is 2. The highest BCUT2D eigenvalue weighted by Crippen LogP contribution is 2.27. The number of carbonyl (C=O) groups excluding carboxylic acids is 2. The number of nitrogens with zero attached hydrogens (tertiary/aromatic N) is 2. The molecule has 0 aliphatic carbocycles. The number of amides is 2. The van der Waals surface area contributed by atoms with Crippen LogP contribution in [0.3, 0.4) is 0 Å². The van der Waals surface area contributed by atoms with E-state index < -0.39 is 5.66 Å². The van der Waals surface area contributed by atoms with Gasteiger partial charge in [-0.05, 0) is 62.6 Å². The van der Waals surface area contributed by atoms with Crippen molar-refractivity contribution in [3.63, 3.8) is 0 Å². The first-order chi connectivity index (χ1) is 13.8. The van der Waals surface area contributed by atoms with Gasteiger partial charge in [-0.3, -0.25) is 14.6 Å². The summed E-state index contributed by atoms with van der Waals surface area (Å²) in [5, 5.41) is 2.98. The van der Waals surface area contributed by atoms with Crippen molar-refractivity contribution in [1.82, 2.24) is 4.90 Å². The summed E-state index contributed by atoms with van der Waals surface area (Å²) in [6.45, 7) is 7.61. The molecular formula is C23H27N3O3. The Labute approximate surface area is 171 Å². The summed E-state index contributed by atoms with van der Waals surface area (Å²) in [6.07, 6.45) is 0.816. The van der Waals surface area contributed by atoms with E-state index in [2.05, 4.69) is 10.3 Å². The van der Waals surface area contributed by atoms with E-state index in [-0.39, 0.29) is 18.4 Å². The van der Waals surface area contributed by atoms with Gasteiger partial charge in [0.1, 0.15) is 23.7 Å². The van der Waals surface area contributed by atoms with Gasteiger partial charge < -0.3 is 15.0 Å². The molecule has 1 aliphatic heterocycles. The van der Waals surface area contributed by atoms with E-state index in [1.54, 1.807) is 31.4 Å². The van der Waals surface area contributed by atoms with Crippen LogP contribution in [0.4, 0.5) is 5.69 Å². The number of hydrogen-bond donors (Lipinski definition) is 1. The third-order valence-electron chi connectivity index (χ3n) is 5.16. The fourth-order valence-electron chi connectivity index (χ4n) is 3.48. The van der Waals surface area contributed by atoms with Crippen LogP contribution in [-0.2, 0) is 16.0 Å². The first kappa shape index (κ1) is 20.6. The predicted molar refractivity (Wildman–Crippen MR) is 115 cm³/mol. The molecule has 29 heavy (non-hydrogen) atoms. The zero-order valence-electron chi connectivity index (χ0n) is 17.6. The van der Waals surface area contributed by atoms with Crippen LogP contribution < -0.4 is 10.1 Å². The SMILES string of the molecule is CCc1cccc(C)c1NC(=O)CN1C(=O)C(c2ccc(OC)cc2)=NC1(C)C. The number of ether oxygens (including phenoxy) is 1. The molecule has 0 saturated carbocycles. The molecule has 1 N–H and O–H groups in total. The van der Waals surface area contributed by atoms with Crippen molar-refractivity contribution >= 4 is 23.2 Å². The summed E-state index contributed by atoms with van der Waals surface area (Å²) in [7, 11) is 1.59. The fraction of sp³-hybridized carbons (Fsp3) is 0.348. The standard InChI is InChI=1S/C23H27N3O3/c1-6-16-9-7-8-15(2)20(16)24-19(27)14-26-22(28)21(25-23(26,3)4)17-10-12-18(29-5)13-11-17/h7-13H,6,14H2,1-5H3,(H,24,27). The van der Waals surface area contributed by atoms with Gasteiger partial charge in [-0.1, -0.05) is 25.1 Å². The van der Waals surface area contributed by atoms with E-state index >= 15 is 0 Å². The Hall–Kier alpha value is -3.15. The molecule has 1 heterocycles. The van der Waals surface area contributed by atoms with Gasteiger partial charge in [0.25, 0.3) is 5.91 Å². The van der Waals surface area contributed by atoms with Crippen LogP contribution in [0.1, 0.15) is 37.5 Å². The lowest BCUT2D eigenvalue weighted by molar-refractivity contribution is -0.131. The maximum Gasteiger partial charge on any atom is 0.275 e. The average molecular weight is 393 g/mol. The number of aliphatic imine (C=N–C) groups is 1. The van der Waals surface area contributed by atoms with Crippen LogP contribution in [0, 0.1) is 6.92 Å². The largest absolute Gasteiger partial charge is 0.497 e. The molecule has 0 spiro atoms. The van der Waals surface area contributed by atoms with Gasteiger partial charge in [-0.15, -0.1) is 0 Å². The second kappa shape index (κ2) is 8.07. The van der Waals surface area contributed by atoms with Crippen molar-refractivity contribution in [3.8, 4) is 5.75 Å². The van der Waals surface area contributed by atoms with Crippen molar-refractivity contribution in [2.24, 2.45) is 4.99 Å². The van der Waals surface area contributed by atoms with E-state index in [0.29, 0.717) is 17.0 Å². The van der Waals surface area contributed by atoms with E-state index in [1.165, 1.54) is 4.90 Å². The monoisotopic (exact) mass is 393 g/mol. The Morgan fingerprint density at radius 3 is 2.48 bits per heavy atom. The highest BCUT2D eigenvalue weighted by Gasteiger charge is 2.41. The van der Waals surface area contributed by atoms with Crippen molar-refractivity contribution in [1.29, 1.82) is 0 Å². The van der Waals surface area contributed by atoms with Gasteiger partial charge >= 0.3 is 0 Å². The quantitative estimate of drug-likeness (QED) is 0.816. The maximum atomic E-state index is 13.0. The molecule has 0 radical (unpaired) electrons. The first-order valence-electron chi connectivity index (χ1n) is 9.71. The second-order valence-corrected chi connectivity index (χ2v) is 7.59. The molecule has 0 fully saturated rings. The van der Waals surface area contributed by atoms with E-state index in [4.69, 9.17) is 4.74 Å². The van der Waals surface area contributed by atoms with Gasteiger partial charge in [0.2, 0.25) is 5.91 Å².